The molecular weight excluding hydrogens is 218 g/mol. The predicted molar refractivity (Wildman–Crippen MR) is 55.3 cm³/mol. The minimum Gasteiger partial charge on any atom is -0.299 e. The Balaban J connectivity index is 1.93. The van der Waals surface area contributed by atoms with Crippen LogP contribution in [0.1, 0.15) is 24.8 Å². The number of hydrogen-bond acceptors (Lipinski definition) is 2. The van der Waals surface area contributed by atoms with E-state index in [1.807, 2.05) is 16.8 Å². The number of rotatable bonds is 3. The van der Waals surface area contributed by atoms with Gasteiger partial charge in [0.1, 0.15) is 5.78 Å². The molecule has 0 N–H and O–H groups in total. The van der Waals surface area contributed by atoms with Crippen LogP contribution in [-0.4, -0.2) is 11.7 Å². The van der Waals surface area contributed by atoms with Gasteiger partial charge < -0.3 is 0 Å². The molecule has 82 valence electrons. The van der Waals surface area contributed by atoms with Crippen molar-refractivity contribution in [2.75, 3.05) is 0 Å². The Hall–Kier alpha value is -0.770. The zero-order chi connectivity index (χ0) is 10.9. The Kier molecular flexibility index (Phi) is 2.87. The molecule has 1 nitrogen and oxygen atoms in total. The first-order valence-corrected chi connectivity index (χ1v) is 5.93. The van der Waals surface area contributed by atoms with E-state index in [2.05, 4.69) is 0 Å². The summed E-state index contributed by atoms with van der Waals surface area (Å²) in [7, 11) is 0. The van der Waals surface area contributed by atoms with Crippen LogP contribution in [0.25, 0.3) is 0 Å². The summed E-state index contributed by atoms with van der Waals surface area (Å²) in [4.78, 5) is 11.7. The Morgan fingerprint density at radius 1 is 1.60 bits per heavy atom. The van der Waals surface area contributed by atoms with Crippen molar-refractivity contribution in [1.29, 1.82) is 0 Å². The first-order chi connectivity index (χ1) is 7.07. The van der Waals surface area contributed by atoms with Crippen LogP contribution in [0.2, 0.25) is 0 Å². The number of alkyl halides is 2. The Morgan fingerprint density at radius 2 is 2.40 bits per heavy atom. The van der Waals surface area contributed by atoms with Crippen molar-refractivity contribution >= 4 is 17.1 Å². The highest BCUT2D eigenvalue weighted by atomic mass is 32.1. The molecule has 1 fully saturated rings. The van der Waals surface area contributed by atoms with Gasteiger partial charge in [-0.15, -0.1) is 0 Å². The van der Waals surface area contributed by atoms with E-state index in [1.165, 1.54) is 11.3 Å². The van der Waals surface area contributed by atoms with Gasteiger partial charge >= 0.3 is 0 Å². The van der Waals surface area contributed by atoms with Crippen LogP contribution in [-0.2, 0) is 11.2 Å². The Bertz CT molecular complexity index is 345. The summed E-state index contributed by atoms with van der Waals surface area (Å²) in [6.07, 6.45) is 0.267. The summed E-state index contributed by atoms with van der Waals surface area (Å²) in [6.45, 7) is 0. The number of hydrogen-bond donors (Lipinski definition) is 0. The van der Waals surface area contributed by atoms with E-state index in [4.69, 9.17) is 0 Å². The number of ketones is 1. The van der Waals surface area contributed by atoms with Crippen molar-refractivity contribution in [2.24, 2.45) is 5.92 Å². The standard InChI is InChI=1S/C11H12F2OS/c12-11(13)3-1-9(6-11)10(14)5-8-2-4-15-7-8/h2,4,7,9H,1,3,5-6H2. The van der Waals surface area contributed by atoms with Crippen molar-refractivity contribution in [1.82, 2.24) is 0 Å². The molecule has 1 aromatic rings. The smallest absolute Gasteiger partial charge is 0.248 e. The third-order valence-corrected chi connectivity index (χ3v) is 3.55. The lowest BCUT2D eigenvalue weighted by Gasteiger charge is -2.08. The van der Waals surface area contributed by atoms with Crippen molar-refractivity contribution < 1.29 is 13.6 Å². The minimum atomic E-state index is -2.62. The van der Waals surface area contributed by atoms with Crippen LogP contribution >= 0.6 is 11.3 Å². The molecule has 0 aliphatic heterocycles. The summed E-state index contributed by atoms with van der Waals surface area (Å²) in [6, 6.07) is 1.87. The zero-order valence-electron chi connectivity index (χ0n) is 8.21. The van der Waals surface area contributed by atoms with Crippen molar-refractivity contribution in [2.45, 2.75) is 31.6 Å². The van der Waals surface area contributed by atoms with E-state index in [0.717, 1.165) is 5.56 Å². The number of thiophene rings is 1. The molecule has 1 heterocycles. The van der Waals surface area contributed by atoms with E-state index in [0.29, 0.717) is 12.8 Å². The molecule has 2 rings (SSSR count). The molecule has 0 radical (unpaired) electrons. The fourth-order valence-electron chi connectivity index (χ4n) is 1.96. The largest absolute Gasteiger partial charge is 0.299 e. The quantitative estimate of drug-likeness (QED) is 0.778. The van der Waals surface area contributed by atoms with Gasteiger partial charge in [0, 0.05) is 25.2 Å². The molecule has 1 unspecified atom stereocenters. The topological polar surface area (TPSA) is 17.1 Å². The highest BCUT2D eigenvalue weighted by Crippen LogP contribution is 2.39. The van der Waals surface area contributed by atoms with Crippen LogP contribution in [0.15, 0.2) is 16.8 Å². The maximum Gasteiger partial charge on any atom is 0.248 e. The summed E-state index contributed by atoms with van der Waals surface area (Å²) < 4.78 is 25.8. The van der Waals surface area contributed by atoms with E-state index in [-0.39, 0.29) is 18.6 Å². The Labute approximate surface area is 91.1 Å². The number of carbonyl (C=O) groups excluding carboxylic acids is 1. The number of halogens is 2. The summed E-state index contributed by atoms with van der Waals surface area (Å²) in [5.74, 6) is -3.08. The maximum atomic E-state index is 12.9. The van der Waals surface area contributed by atoms with Gasteiger partial charge in [-0.3, -0.25) is 4.79 Å². The zero-order valence-corrected chi connectivity index (χ0v) is 9.03. The highest BCUT2D eigenvalue weighted by molar-refractivity contribution is 7.07. The minimum absolute atomic E-state index is 0.0365. The lowest BCUT2D eigenvalue weighted by atomic mass is 9.98. The average molecular weight is 230 g/mol. The normalized spacial score (nSPS) is 24.3. The van der Waals surface area contributed by atoms with Gasteiger partial charge in [0.05, 0.1) is 0 Å². The third-order valence-electron chi connectivity index (χ3n) is 2.82. The molecule has 0 spiro atoms. The summed E-state index contributed by atoms with van der Waals surface area (Å²) in [5, 5.41) is 3.79. The summed E-state index contributed by atoms with van der Waals surface area (Å²) >= 11 is 1.52. The monoisotopic (exact) mass is 230 g/mol. The molecular formula is C11H12F2OS. The Morgan fingerprint density at radius 3 is 2.93 bits per heavy atom. The summed E-state index contributed by atoms with van der Waals surface area (Å²) in [5.41, 5.74) is 0.945. The van der Waals surface area contributed by atoms with E-state index in [9.17, 15) is 13.6 Å². The van der Waals surface area contributed by atoms with Crippen LogP contribution in [0, 0.1) is 5.92 Å². The van der Waals surface area contributed by atoms with Gasteiger partial charge in [-0.05, 0) is 28.8 Å². The molecule has 4 heteroatoms. The van der Waals surface area contributed by atoms with E-state index >= 15 is 0 Å². The predicted octanol–water partition coefficient (Wildman–Crippen LogP) is 3.30. The van der Waals surface area contributed by atoms with Gasteiger partial charge in [0.25, 0.3) is 0 Å². The molecule has 1 atom stereocenters. The van der Waals surface area contributed by atoms with Crippen LogP contribution in [0.3, 0.4) is 0 Å². The van der Waals surface area contributed by atoms with Gasteiger partial charge in [-0.1, -0.05) is 0 Å². The van der Waals surface area contributed by atoms with E-state index in [1.54, 1.807) is 0 Å². The second kappa shape index (κ2) is 4.00. The van der Waals surface area contributed by atoms with E-state index < -0.39 is 11.8 Å². The molecule has 0 amide bonds. The van der Waals surface area contributed by atoms with Gasteiger partial charge in [-0.25, -0.2) is 8.78 Å². The molecule has 1 aromatic heterocycles. The molecule has 1 saturated carbocycles. The first kappa shape index (κ1) is 10.7. The lowest BCUT2D eigenvalue weighted by Crippen LogP contribution is -2.17. The fraction of sp³-hybridized carbons (Fsp3) is 0.545. The molecule has 0 saturated heterocycles. The number of Topliss-reactive ketones (excluding diaryl/α,β-unsaturated/α-hetero) is 1. The number of carbonyl (C=O) groups is 1. The molecule has 1 aliphatic carbocycles. The van der Waals surface area contributed by atoms with Gasteiger partial charge in [0.15, 0.2) is 0 Å². The molecule has 15 heavy (non-hydrogen) atoms. The first-order valence-electron chi connectivity index (χ1n) is 4.98. The van der Waals surface area contributed by atoms with Crippen molar-refractivity contribution in [3.63, 3.8) is 0 Å². The molecule has 0 aromatic carbocycles. The second-order valence-electron chi connectivity index (χ2n) is 4.07. The fourth-order valence-corrected chi connectivity index (χ4v) is 2.63. The lowest BCUT2D eigenvalue weighted by molar-refractivity contribution is -0.123. The van der Waals surface area contributed by atoms with Crippen molar-refractivity contribution in [3.05, 3.63) is 22.4 Å². The SMILES string of the molecule is O=C(Cc1ccsc1)C1CCC(F)(F)C1. The van der Waals surface area contributed by atoms with Crippen LogP contribution in [0.4, 0.5) is 8.78 Å². The molecule has 0 bridgehead atoms. The highest BCUT2D eigenvalue weighted by Gasteiger charge is 2.41. The average Bonchev–Trinajstić information content (AvgIpc) is 2.74. The van der Waals surface area contributed by atoms with Gasteiger partial charge in [-0.2, -0.15) is 11.3 Å². The molecule has 1 aliphatic rings. The second-order valence-corrected chi connectivity index (χ2v) is 4.85. The maximum absolute atomic E-state index is 12.9. The third kappa shape index (κ3) is 2.62. The van der Waals surface area contributed by atoms with Crippen LogP contribution in [0.5, 0.6) is 0 Å². The van der Waals surface area contributed by atoms with Crippen LogP contribution < -0.4 is 0 Å². The van der Waals surface area contributed by atoms with Crippen molar-refractivity contribution in [3.8, 4) is 0 Å². The van der Waals surface area contributed by atoms with Gasteiger partial charge in [0.2, 0.25) is 5.92 Å².